The molecular formula is C31H32N2O5. The minimum absolute atomic E-state index is 0.0904. The number of hydrogen-bond acceptors (Lipinski definition) is 6. The SMILES string of the molecule is CC(C)(C)OC(=O)NC(COc1ccc2ccccc2c1C(=O)OCc1ccccc1)Cc1ccccn1. The fraction of sp³-hybridized carbons (Fsp3) is 0.258. The zero-order valence-electron chi connectivity index (χ0n) is 21.8. The molecular weight excluding hydrogens is 480 g/mol. The normalized spacial score (nSPS) is 12.0. The van der Waals surface area contributed by atoms with Gasteiger partial charge in [-0.15, -0.1) is 0 Å². The molecule has 1 aromatic heterocycles. The second kappa shape index (κ2) is 12.2. The maximum atomic E-state index is 13.3. The Morgan fingerprint density at radius 3 is 2.37 bits per heavy atom. The molecule has 0 fully saturated rings. The van der Waals surface area contributed by atoms with Gasteiger partial charge in [-0.25, -0.2) is 9.59 Å². The fourth-order valence-electron chi connectivity index (χ4n) is 3.97. The third-order valence-electron chi connectivity index (χ3n) is 5.65. The number of carbonyl (C=O) groups excluding carboxylic acids is 2. The summed E-state index contributed by atoms with van der Waals surface area (Å²) in [4.78, 5) is 30.3. The summed E-state index contributed by atoms with van der Waals surface area (Å²) < 4.78 is 17.3. The zero-order valence-corrected chi connectivity index (χ0v) is 21.8. The first kappa shape index (κ1) is 26.7. The Morgan fingerprint density at radius 2 is 1.63 bits per heavy atom. The van der Waals surface area contributed by atoms with Crippen molar-refractivity contribution < 1.29 is 23.8 Å². The Morgan fingerprint density at radius 1 is 0.895 bits per heavy atom. The van der Waals surface area contributed by atoms with Gasteiger partial charge in [0.05, 0.1) is 6.04 Å². The highest BCUT2D eigenvalue weighted by atomic mass is 16.6. The number of benzene rings is 3. The summed E-state index contributed by atoms with van der Waals surface area (Å²) in [5.74, 6) is -0.110. The van der Waals surface area contributed by atoms with Gasteiger partial charge < -0.3 is 19.5 Å². The zero-order chi connectivity index (χ0) is 27.0. The first-order chi connectivity index (χ1) is 18.3. The second-order valence-electron chi connectivity index (χ2n) is 9.90. The van der Waals surface area contributed by atoms with Crippen LogP contribution in [0.25, 0.3) is 10.8 Å². The van der Waals surface area contributed by atoms with E-state index in [9.17, 15) is 9.59 Å². The van der Waals surface area contributed by atoms with Crippen LogP contribution in [0.1, 0.15) is 42.4 Å². The molecule has 1 N–H and O–H groups in total. The van der Waals surface area contributed by atoms with Crippen LogP contribution in [0.15, 0.2) is 91.1 Å². The topological polar surface area (TPSA) is 86.8 Å². The minimum atomic E-state index is -0.644. The van der Waals surface area contributed by atoms with Crippen molar-refractivity contribution in [3.05, 3.63) is 108 Å². The first-order valence-corrected chi connectivity index (χ1v) is 12.5. The predicted molar refractivity (Wildman–Crippen MR) is 146 cm³/mol. The van der Waals surface area contributed by atoms with E-state index in [1.165, 1.54) is 0 Å². The van der Waals surface area contributed by atoms with Gasteiger partial charge in [0.2, 0.25) is 0 Å². The van der Waals surface area contributed by atoms with E-state index in [0.29, 0.717) is 17.7 Å². The first-order valence-electron chi connectivity index (χ1n) is 12.5. The van der Waals surface area contributed by atoms with Crippen LogP contribution in [-0.2, 0) is 22.5 Å². The van der Waals surface area contributed by atoms with E-state index in [1.807, 2.05) is 78.9 Å². The molecule has 0 aliphatic heterocycles. The number of fused-ring (bicyclic) bond motifs is 1. The Bertz CT molecular complexity index is 1370. The summed E-state index contributed by atoms with van der Waals surface area (Å²) in [6.45, 7) is 5.65. The average molecular weight is 513 g/mol. The fourth-order valence-corrected chi connectivity index (χ4v) is 3.97. The van der Waals surface area contributed by atoms with Crippen molar-refractivity contribution in [3.63, 3.8) is 0 Å². The van der Waals surface area contributed by atoms with Gasteiger partial charge in [-0.05, 0) is 55.3 Å². The van der Waals surface area contributed by atoms with Gasteiger partial charge in [0.25, 0.3) is 0 Å². The van der Waals surface area contributed by atoms with Gasteiger partial charge in [0.15, 0.2) is 0 Å². The van der Waals surface area contributed by atoms with Crippen molar-refractivity contribution in [1.82, 2.24) is 10.3 Å². The van der Waals surface area contributed by atoms with Crippen molar-refractivity contribution in [2.75, 3.05) is 6.61 Å². The van der Waals surface area contributed by atoms with Gasteiger partial charge in [-0.3, -0.25) is 4.98 Å². The summed E-state index contributed by atoms with van der Waals surface area (Å²) >= 11 is 0. The van der Waals surface area contributed by atoms with Crippen molar-refractivity contribution >= 4 is 22.8 Å². The molecule has 7 heteroatoms. The summed E-state index contributed by atoms with van der Waals surface area (Å²) in [6.07, 6.45) is 1.56. The molecule has 1 amide bonds. The molecule has 4 aromatic rings. The molecule has 0 saturated heterocycles. The van der Waals surface area contributed by atoms with E-state index in [4.69, 9.17) is 14.2 Å². The lowest BCUT2D eigenvalue weighted by atomic mass is 10.0. The molecule has 0 aliphatic carbocycles. The van der Waals surface area contributed by atoms with Crippen molar-refractivity contribution in [2.24, 2.45) is 0 Å². The number of pyridine rings is 1. The number of nitrogens with one attached hydrogen (secondary N) is 1. The quantitative estimate of drug-likeness (QED) is 0.273. The molecule has 7 nitrogen and oxygen atoms in total. The van der Waals surface area contributed by atoms with E-state index in [0.717, 1.165) is 22.0 Å². The highest BCUT2D eigenvalue weighted by molar-refractivity contribution is 6.07. The second-order valence-corrected chi connectivity index (χ2v) is 9.90. The minimum Gasteiger partial charge on any atom is -0.491 e. The van der Waals surface area contributed by atoms with Crippen LogP contribution < -0.4 is 10.1 Å². The number of amides is 1. The van der Waals surface area contributed by atoms with Crippen LogP contribution in [0.2, 0.25) is 0 Å². The summed E-state index contributed by atoms with van der Waals surface area (Å²) in [5.41, 5.74) is 1.38. The number of aromatic nitrogens is 1. The molecule has 0 radical (unpaired) electrons. The lowest BCUT2D eigenvalue weighted by Gasteiger charge is -2.24. The van der Waals surface area contributed by atoms with Crippen molar-refractivity contribution in [2.45, 2.75) is 45.4 Å². The molecule has 4 rings (SSSR count). The van der Waals surface area contributed by atoms with Gasteiger partial charge in [-0.1, -0.05) is 66.7 Å². The summed E-state index contributed by atoms with van der Waals surface area (Å²) in [6, 6.07) is 25.9. The molecule has 38 heavy (non-hydrogen) atoms. The third-order valence-corrected chi connectivity index (χ3v) is 5.65. The van der Waals surface area contributed by atoms with Crippen molar-refractivity contribution in [1.29, 1.82) is 0 Å². The highest BCUT2D eigenvalue weighted by Gasteiger charge is 2.23. The van der Waals surface area contributed by atoms with Crippen molar-refractivity contribution in [3.8, 4) is 5.75 Å². The number of ether oxygens (including phenoxy) is 3. The van der Waals surface area contributed by atoms with Gasteiger partial charge in [0.1, 0.15) is 30.1 Å². The van der Waals surface area contributed by atoms with Crippen LogP contribution in [0.5, 0.6) is 5.75 Å². The average Bonchev–Trinajstić information content (AvgIpc) is 2.90. The number of nitrogens with zero attached hydrogens (tertiary/aromatic N) is 1. The van der Waals surface area contributed by atoms with E-state index < -0.39 is 23.7 Å². The smallest absolute Gasteiger partial charge is 0.408 e. The molecule has 0 saturated carbocycles. The van der Waals surface area contributed by atoms with E-state index >= 15 is 0 Å². The largest absolute Gasteiger partial charge is 0.491 e. The summed E-state index contributed by atoms with van der Waals surface area (Å²) in [5, 5.41) is 4.50. The lowest BCUT2D eigenvalue weighted by Crippen LogP contribution is -2.43. The van der Waals surface area contributed by atoms with Gasteiger partial charge in [-0.2, -0.15) is 0 Å². The number of esters is 1. The molecule has 0 aliphatic rings. The lowest BCUT2D eigenvalue weighted by molar-refractivity contribution is 0.0455. The Hall–Kier alpha value is -4.39. The molecule has 1 unspecified atom stereocenters. The molecule has 3 aromatic carbocycles. The molecule has 196 valence electrons. The molecule has 1 atom stereocenters. The van der Waals surface area contributed by atoms with Crippen LogP contribution >= 0.6 is 0 Å². The van der Waals surface area contributed by atoms with E-state index in [2.05, 4.69) is 10.3 Å². The summed E-state index contributed by atoms with van der Waals surface area (Å²) in [7, 11) is 0. The van der Waals surface area contributed by atoms with E-state index in [1.54, 1.807) is 33.0 Å². The molecule has 0 spiro atoms. The number of rotatable bonds is 9. The number of carbonyl (C=O) groups is 2. The maximum Gasteiger partial charge on any atom is 0.408 e. The number of alkyl carbamates (subject to hydrolysis) is 1. The van der Waals surface area contributed by atoms with Gasteiger partial charge in [0, 0.05) is 18.3 Å². The Balaban J connectivity index is 1.56. The predicted octanol–water partition coefficient (Wildman–Crippen LogP) is 6.11. The van der Waals surface area contributed by atoms with Crippen LogP contribution in [-0.4, -0.2) is 35.3 Å². The number of hydrogen-bond donors (Lipinski definition) is 1. The van der Waals surface area contributed by atoms with Crippen LogP contribution in [0, 0.1) is 0 Å². The maximum absolute atomic E-state index is 13.3. The van der Waals surface area contributed by atoms with Crippen LogP contribution in [0.4, 0.5) is 4.79 Å². The standard InChI is InChI=1S/C31H32N2O5/c1-31(2,3)38-30(35)33-25(19-24-14-9-10-18-32-24)21-36-27-17-16-23-13-7-8-15-26(23)28(27)29(34)37-20-22-11-5-4-6-12-22/h4-18,25H,19-21H2,1-3H3,(H,33,35). The molecule has 1 heterocycles. The Kier molecular flexibility index (Phi) is 8.58. The van der Waals surface area contributed by atoms with Crippen LogP contribution in [0.3, 0.4) is 0 Å². The van der Waals surface area contributed by atoms with Gasteiger partial charge >= 0.3 is 12.1 Å². The molecule has 0 bridgehead atoms. The highest BCUT2D eigenvalue weighted by Crippen LogP contribution is 2.29. The monoisotopic (exact) mass is 512 g/mol. The Labute approximate surface area is 222 Å². The third kappa shape index (κ3) is 7.56. The van der Waals surface area contributed by atoms with E-state index in [-0.39, 0.29) is 13.2 Å².